The van der Waals surface area contributed by atoms with Gasteiger partial charge in [-0.3, -0.25) is 0 Å². The number of aromatic nitrogens is 2. The zero-order valence-corrected chi connectivity index (χ0v) is 10.8. The molecule has 0 aliphatic carbocycles. The summed E-state index contributed by atoms with van der Waals surface area (Å²) < 4.78 is 22.0. The molecule has 1 aromatic carbocycles. The van der Waals surface area contributed by atoms with Gasteiger partial charge in [-0.25, -0.2) is 9.37 Å². The first kappa shape index (κ1) is 11.2. The van der Waals surface area contributed by atoms with Gasteiger partial charge in [-0.05, 0) is 25.0 Å². The molecule has 1 unspecified atom stereocenters. The van der Waals surface area contributed by atoms with Crippen LogP contribution in [0.4, 0.5) is 4.39 Å². The molecule has 0 bridgehead atoms. The van der Waals surface area contributed by atoms with Crippen LogP contribution in [0.1, 0.15) is 18.9 Å². The van der Waals surface area contributed by atoms with Crippen LogP contribution in [-0.4, -0.2) is 22.8 Å². The summed E-state index contributed by atoms with van der Waals surface area (Å²) >= 11 is 3.27. The lowest BCUT2D eigenvalue weighted by atomic mass is 10.1. The van der Waals surface area contributed by atoms with Crippen LogP contribution < -0.4 is 0 Å². The zero-order chi connectivity index (χ0) is 11.8. The van der Waals surface area contributed by atoms with Gasteiger partial charge in [0.05, 0.1) is 24.5 Å². The van der Waals surface area contributed by atoms with E-state index in [4.69, 9.17) is 4.74 Å². The van der Waals surface area contributed by atoms with Crippen LogP contribution in [0.3, 0.4) is 0 Å². The molecular formula is C12H12BrFN2O. The average molecular weight is 299 g/mol. The standard InChI is InChI=1S/C12H12BrFN2O/c13-8-4-10(14)12-11(5-8)15-7-16(12)9-2-1-3-17-6-9/h4-5,7,9H,1-3,6H2. The lowest BCUT2D eigenvalue weighted by Gasteiger charge is -2.23. The average Bonchev–Trinajstić information content (AvgIpc) is 2.74. The molecule has 1 aliphatic rings. The smallest absolute Gasteiger partial charge is 0.150 e. The lowest BCUT2D eigenvalue weighted by molar-refractivity contribution is 0.0603. The molecule has 0 radical (unpaired) electrons. The van der Waals surface area contributed by atoms with Gasteiger partial charge in [0.25, 0.3) is 0 Å². The van der Waals surface area contributed by atoms with E-state index in [0.29, 0.717) is 22.1 Å². The van der Waals surface area contributed by atoms with Crippen molar-refractivity contribution in [2.45, 2.75) is 18.9 Å². The van der Waals surface area contributed by atoms with Crippen LogP contribution in [0.15, 0.2) is 22.9 Å². The van der Waals surface area contributed by atoms with Crippen molar-refractivity contribution in [1.82, 2.24) is 9.55 Å². The fraction of sp³-hybridized carbons (Fsp3) is 0.417. The Labute approximate surface area is 107 Å². The summed E-state index contributed by atoms with van der Waals surface area (Å²) in [4.78, 5) is 4.25. The van der Waals surface area contributed by atoms with E-state index in [2.05, 4.69) is 20.9 Å². The summed E-state index contributed by atoms with van der Waals surface area (Å²) in [7, 11) is 0. The molecule has 0 N–H and O–H groups in total. The van der Waals surface area contributed by atoms with Crippen molar-refractivity contribution in [3.8, 4) is 0 Å². The molecule has 1 saturated heterocycles. The molecule has 3 nitrogen and oxygen atoms in total. The highest BCUT2D eigenvalue weighted by Gasteiger charge is 2.19. The Bertz CT molecular complexity index is 549. The Morgan fingerprint density at radius 2 is 2.35 bits per heavy atom. The van der Waals surface area contributed by atoms with Gasteiger partial charge >= 0.3 is 0 Å². The third kappa shape index (κ3) is 1.98. The molecule has 1 aromatic heterocycles. The Kier molecular flexibility index (Phi) is 2.88. The van der Waals surface area contributed by atoms with E-state index in [-0.39, 0.29) is 11.9 Å². The Balaban J connectivity index is 2.10. The molecule has 3 rings (SSSR count). The van der Waals surface area contributed by atoms with Crippen molar-refractivity contribution in [2.75, 3.05) is 13.2 Å². The number of ether oxygens (including phenoxy) is 1. The van der Waals surface area contributed by atoms with Gasteiger partial charge in [0, 0.05) is 11.1 Å². The molecule has 2 aromatic rings. The molecule has 5 heteroatoms. The Hall–Kier alpha value is -0.940. The van der Waals surface area contributed by atoms with E-state index in [9.17, 15) is 4.39 Å². The maximum Gasteiger partial charge on any atom is 0.150 e. The molecule has 1 atom stereocenters. The zero-order valence-electron chi connectivity index (χ0n) is 9.20. The Morgan fingerprint density at radius 1 is 1.47 bits per heavy atom. The fourth-order valence-corrected chi connectivity index (χ4v) is 2.73. The highest BCUT2D eigenvalue weighted by Crippen LogP contribution is 2.28. The van der Waals surface area contributed by atoms with Crippen LogP contribution in [0.25, 0.3) is 11.0 Å². The van der Waals surface area contributed by atoms with E-state index in [0.717, 1.165) is 19.4 Å². The highest BCUT2D eigenvalue weighted by atomic mass is 79.9. The SMILES string of the molecule is Fc1cc(Br)cc2ncn(C3CCCOC3)c12. The predicted octanol–water partition coefficient (Wildman–Crippen LogP) is 3.29. The summed E-state index contributed by atoms with van der Waals surface area (Å²) in [6, 6.07) is 3.51. The number of rotatable bonds is 1. The highest BCUT2D eigenvalue weighted by molar-refractivity contribution is 9.10. The summed E-state index contributed by atoms with van der Waals surface area (Å²) in [6.07, 6.45) is 3.74. The van der Waals surface area contributed by atoms with Crippen molar-refractivity contribution in [3.63, 3.8) is 0 Å². The van der Waals surface area contributed by atoms with E-state index < -0.39 is 0 Å². The maximum absolute atomic E-state index is 14.0. The van der Waals surface area contributed by atoms with Crippen molar-refractivity contribution in [3.05, 3.63) is 28.7 Å². The van der Waals surface area contributed by atoms with Crippen molar-refractivity contribution < 1.29 is 9.13 Å². The normalized spacial score (nSPS) is 20.9. The fourth-order valence-electron chi connectivity index (χ4n) is 2.31. The van der Waals surface area contributed by atoms with Crippen molar-refractivity contribution in [1.29, 1.82) is 0 Å². The number of nitrogens with zero attached hydrogens (tertiary/aromatic N) is 2. The van der Waals surface area contributed by atoms with Crippen LogP contribution >= 0.6 is 15.9 Å². The van der Waals surface area contributed by atoms with E-state index >= 15 is 0 Å². The van der Waals surface area contributed by atoms with E-state index in [1.54, 1.807) is 6.33 Å². The maximum atomic E-state index is 14.0. The van der Waals surface area contributed by atoms with Gasteiger partial charge in [-0.1, -0.05) is 15.9 Å². The monoisotopic (exact) mass is 298 g/mol. The molecule has 17 heavy (non-hydrogen) atoms. The van der Waals surface area contributed by atoms with Crippen molar-refractivity contribution >= 4 is 27.0 Å². The largest absolute Gasteiger partial charge is 0.379 e. The number of fused-ring (bicyclic) bond motifs is 1. The second-order valence-electron chi connectivity index (χ2n) is 4.28. The summed E-state index contributed by atoms with van der Waals surface area (Å²) in [5, 5.41) is 0. The second-order valence-corrected chi connectivity index (χ2v) is 5.19. The minimum Gasteiger partial charge on any atom is -0.379 e. The number of hydrogen-bond acceptors (Lipinski definition) is 2. The van der Waals surface area contributed by atoms with Crippen LogP contribution in [0, 0.1) is 5.82 Å². The van der Waals surface area contributed by atoms with Gasteiger partial charge in [-0.2, -0.15) is 0 Å². The molecule has 1 fully saturated rings. The van der Waals surface area contributed by atoms with Crippen LogP contribution in [0.2, 0.25) is 0 Å². The third-order valence-electron chi connectivity index (χ3n) is 3.12. The first-order chi connectivity index (χ1) is 8.25. The molecule has 2 heterocycles. The minimum atomic E-state index is -0.238. The van der Waals surface area contributed by atoms with Gasteiger partial charge in [-0.15, -0.1) is 0 Å². The molecule has 0 spiro atoms. The first-order valence-electron chi connectivity index (χ1n) is 5.65. The summed E-state index contributed by atoms with van der Waals surface area (Å²) in [5.41, 5.74) is 1.26. The molecule has 0 saturated carbocycles. The minimum absolute atomic E-state index is 0.199. The predicted molar refractivity (Wildman–Crippen MR) is 66.5 cm³/mol. The van der Waals surface area contributed by atoms with E-state index in [1.807, 2.05) is 10.6 Å². The van der Waals surface area contributed by atoms with Crippen LogP contribution in [-0.2, 0) is 4.74 Å². The second kappa shape index (κ2) is 4.38. The molecule has 1 aliphatic heterocycles. The summed E-state index contributed by atoms with van der Waals surface area (Å²) in [5.74, 6) is -0.238. The van der Waals surface area contributed by atoms with Gasteiger partial charge in [0.15, 0.2) is 0 Å². The van der Waals surface area contributed by atoms with Gasteiger partial charge in [0.2, 0.25) is 0 Å². The van der Waals surface area contributed by atoms with Crippen LogP contribution in [0.5, 0.6) is 0 Å². The quantitative estimate of drug-likeness (QED) is 0.808. The third-order valence-corrected chi connectivity index (χ3v) is 3.57. The number of halogens is 2. The summed E-state index contributed by atoms with van der Waals surface area (Å²) in [6.45, 7) is 1.44. The number of benzene rings is 1. The van der Waals surface area contributed by atoms with Gasteiger partial charge < -0.3 is 9.30 Å². The molecule has 0 amide bonds. The molecule has 90 valence electrons. The van der Waals surface area contributed by atoms with E-state index in [1.165, 1.54) is 6.07 Å². The van der Waals surface area contributed by atoms with Crippen molar-refractivity contribution in [2.24, 2.45) is 0 Å². The first-order valence-corrected chi connectivity index (χ1v) is 6.44. The number of hydrogen-bond donors (Lipinski definition) is 0. The van der Waals surface area contributed by atoms with Gasteiger partial charge in [0.1, 0.15) is 11.3 Å². The Morgan fingerprint density at radius 3 is 3.12 bits per heavy atom. The lowest BCUT2D eigenvalue weighted by Crippen LogP contribution is -2.20. The topological polar surface area (TPSA) is 27.1 Å². The number of imidazole rings is 1. The molecular weight excluding hydrogens is 287 g/mol.